The first-order chi connectivity index (χ1) is 14.1. The number of alkyl halides is 3. The van der Waals surface area contributed by atoms with Gasteiger partial charge in [-0.05, 0) is 30.3 Å². The van der Waals surface area contributed by atoms with Crippen molar-refractivity contribution in [2.75, 3.05) is 13.1 Å². The lowest BCUT2D eigenvalue weighted by Crippen LogP contribution is -2.48. The van der Waals surface area contributed by atoms with E-state index in [-0.39, 0.29) is 30.4 Å². The summed E-state index contributed by atoms with van der Waals surface area (Å²) in [5.41, 5.74) is -0.783. The van der Waals surface area contributed by atoms with Crippen LogP contribution in [0.15, 0.2) is 51.9 Å². The number of halogens is 5. The molecule has 0 bridgehead atoms. The van der Waals surface area contributed by atoms with Crippen molar-refractivity contribution in [2.45, 2.75) is 17.0 Å². The summed E-state index contributed by atoms with van der Waals surface area (Å²) < 4.78 is 96.6. The molecule has 4 rings (SSSR count). The van der Waals surface area contributed by atoms with Crippen molar-refractivity contribution in [1.82, 2.24) is 14.4 Å². The Labute approximate surface area is 167 Å². The van der Waals surface area contributed by atoms with Crippen LogP contribution in [0.3, 0.4) is 0 Å². The van der Waals surface area contributed by atoms with Crippen LogP contribution in [0.5, 0.6) is 0 Å². The van der Waals surface area contributed by atoms with Crippen LogP contribution in [-0.2, 0) is 16.2 Å². The molecule has 0 saturated carbocycles. The van der Waals surface area contributed by atoms with Gasteiger partial charge >= 0.3 is 6.18 Å². The summed E-state index contributed by atoms with van der Waals surface area (Å²) in [5.74, 6) is -2.54. The van der Waals surface area contributed by atoms with Crippen LogP contribution in [-0.4, -0.2) is 36.0 Å². The van der Waals surface area contributed by atoms with Gasteiger partial charge in [-0.1, -0.05) is 17.3 Å². The third-order valence-electron chi connectivity index (χ3n) is 4.60. The maximum atomic E-state index is 13.8. The summed E-state index contributed by atoms with van der Waals surface area (Å²) in [5, 5.41) is 3.65. The first-order valence-corrected chi connectivity index (χ1v) is 9.96. The molecule has 1 aliphatic heterocycles. The lowest BCUT2D eigenvalue weighted by Gasteiger charge is -2.35. The molecule has 2 aromatic carbocycles. The summed E-state index contributed by atoms with van der Waals surface area (Å²) in [6.45, 7) is -0.245. The highest BCUT2D eigenvalue weighted by Crippen LogP contribution is 2.34. The van der Waals surface area contributed by atoms with E-state index in [2.05, 4.69) is 10.1 Å². The second-order valence-corrected chi connectivity index (χ2v) is 8.53. The fourth-order valence-corrected chi connectivity index (χ4v) is 4.56. The van der Waals surface area contributed by atoms with E-state index in [1.54, 1.807) is 0 Å². The molecule has 1 fully saturated rings. The highest BCUT2D eigenvalue weighted by atomic mass is 32.2. The summed E-state index contributed by atoms with van der Waals surface area (Å²) in [4.78, 5) is 3.26. The van der Waals surface area contributed by atoms with Gasteiger partial charge in [0, 0.05) is 18.7 Å². The minimum Gasteiger partial charge on any atom is -0.339 e. The molecule has 1 saturated heterocycles. The van der Waals surface area contributed by atoms with Crippen LogP contribution >= 0.6 is 0 Å². The highest BCUT2D eigenvalue weighted by Gasteiger charge is 2.41. The van der Waals surface area contributed by atoms with Crippen molar-refractivity contribution in [3.8, 4) is 11.4 Å². The zero-order valence-corrected chi connectivity index (χ0v) is 15.7. The minimum atomic E-state index is -4.53. The van der Waals surface area contributed by atoms with E-state index in [4.69, 9.17) is 4.52 Å². The summed E-state index contributed by atoms with van der Waals surface area (Å²) in [7, 11) is -4.26. The van der Waals surface area contributed by atoms with Gasteiger partial charge in [0.1, 0.15) is 16.5 Å². The molecule has 0 atom stereocenters. The molecule has 0 spiro atoms. The second-order valence-electron chi connectivity index (χ2n) is 6.63. The van der Waals surface area contributed by atoms with E-state index in [9.17, 15) is 30.4 Å². The molecule has 2 heterocycles. The Balaban J connectivity index is 1.50. The summed E-state index contributed by atoms with van der Waals surface area (Å²) in [6.07, 6.45) is -4.53. The molecular formula is C18H12F5N3O3S. The fraction of sp³-hybridized carbons (Fsp3) is 0.222. The number of nitrogens with zero attached hydrogens (tertiary/aromatic N) is 3. The van der Waals surface area contributed by atoms with Crippen molar-refractivity contribution in [2.24, 2.45) is 0 Å². The smallest absolute Gasteiger partial charge is 0.339 e. The Hall–Kier alpha value is -2.86. The first kappa shape index (κ1) is 20.4. The van der Waals surface area contributed by atoms with E-state index < -0.39 is 44.2 Å². The maximum Gasteiger partial charge on any atom is 0.416 e. The van der Waals surface area contributed by atoms with Crippen LogP contribution < -0.4 is 0 Å². The number of aromatic nitrogens is 2. The fourth-order valence-electron chi connectivity index (χ4n) is 2.96. The predicted molar refractivity (Wildman–Crippen MR) is 92.6 cm³/mol. The van der Waals surface area contributed by atoms with Crippen LogP contribution in [0.4, 0.5) is 22.0 Å². The zero-order valence-electron chi connectivity index (χ0n) is 14.9. The largest absolute Gasteiger partial charge is 0.416 e. The van der Waals surface area contributed by atoms with Crippen molar-refractivity contribution in [3.05, 3.63) is 65.6 Å². The molecule has 1 aliphatic rings. The molecular weight excluding hydrogens is 433 g/mol. The lowest BCUT2D eigenvalue weighted by molar-refractivity contribution is -0.137. The van der Waals surface area contributed by atoms with Crippen molar-refractivity contribution < 1.29 is 34.9 Å². The molecule has 0 aliphatic carbocycles. The number of benzene rings is 2. The van der Waals surface area contributed by atoms with E-state index in [1.165, 1.54) is 12.1 Å². The molecule has 0 amide bonds. The average Bonchev–Trinajstić information content (AvgIpc) is 3.11. The Morgan fingerprint density at radius 3 is 2.50 bits per heavy atom. The van der Waals surface area contributed by atoms with E-state index >= 15 is 0 Å². The van der Waals surface area contributed by atoms with E-state index in [0.717, 1.165) is 28.6 Å². The number of hydrogen-bond acceptors (Lipinski definition) is 5. The first-order valence-electron chi connectivity index (χ1n) is 8.52. The molecule has 0 unspecified atom stereocenters. The Morgan fingerprint density at radius 1 is 1.07 bits per heavy atom. The normalized spacial score (nSPS) is 15.9. The molecule has 0 N–H and O–H groups in total. The van der Waals surface area contributed by atoms with Gasteiger partial charge in [0.2, 0.25) is 21.7 Å². The van der Waals surface area contributed by atoms with Gasteiger partial charge in [0.05, 0.1) is 11.5 Å². The molecule has 1 aromatic heterocycles. The lowest BCUT2D eigenvalue weighted by atomic mass is 10.0. The van der Waals surface area contributed by atoms with Gasteiger partial charge in [-0.25, -0.2) is 17.2 Å². The Kier molecular flexibility index (Phi) is 4.85. The van der Waals surface area contributed by atoms with Crippen molar-refractivity contribution in [3.63, 3.8) is 0 Å². The topological polar surface area (TPSA) is 76.3 Å². The third-order valence-corrected chi connectivity index (χ3v) is 6.44. The Bertz CT molecular complexity index is 1200. The van der Waals surface area contributed by atoms with Crippen LogP contribution in [0.25, 0.3) is 11.4 Å². The van der Waals surface area contributed by atoms with Gasteiger partial charge in [-0.3, -0.25) is 0 Å². The van der Waals surface area contributed by atoms with Crippen molar-refractivity contribution in [1.29, 1.82) is 0 Å². The second kappa shape index (κ2) is 7.13. The monoisotopic (exact) mass is 445 g/mol. The van der Waals surface area contributed by atoms with Crippen LogP contribution in [0.2, 0.25) is 0 Å². The van der Waals surface area contributed by atoms with Gasteiger partial charge in [-0.2, -0.15) is 22.5 Å². The molecule has 0 radical (unpaired) electrons. The minimum absolute atomic E-state index is 0.0357. The van der Waals surface area contributed by atoms with Gasteiger partial charge in [-0.15, -0.1) is 0 Å². The highest BCUT2D eigenvalue weighted by molar-refractivity contribution is 7.89. The standard InChI is InChI=1S/C18H12F5N3O3S/c19-13-4-5-14(20)15(7-13)30(27,28)26-8-11(9-26)17-24-16(25-29-17)10-2-1-3-12(6-10)18(21,22)23/h1-7,11H,8-9H2. The van der Waals surface area contributed by atoms with Gasteiger partial charge < -0.3 is 4.52 Å². The van der Waals surface area contributed by atoms with E-state index in [0.29, 0.717) is 6.07 Å². The summed E-state index contributed by atoms with van der Waals surface area (Å²) in [6, 6.07) is 6.49. The number of sulfonamides is 1. The average molecular weight is 445 g/mol. The molecule has 30 heavy (non-hydrogen) atoms. The van der Waals surface area contributed by atoms with Crippen LogP contribution in [0.1, 0.15) is 17.4 Å². The van der Waals surface area contributed by atoms with Crippen LogP contribution in [0, 0.1) is 11.6 Å². The summed E-state index contributed by atoms with van der Waals surface area (Å²) >= 11 is 0. The quantitative estimate of drug-likeness (QED) is 0.571. The van der Waals surface area contributed by atoms with Gasteiger partial charge in [0.15, 0.2) is 0 Å². The molecule has 3 aromatic rings. The van der Waals surface area contributed by atoms with E-state index in [1.807, 2.05) is 0 Å². The third kappa shape index (κ3) is 3.67. The number of hydrogen-bond donors (Lipinski definition) is 0. The van der Waals surface area contributed by atoms with Crippen molar-refractivity contribution >= 4 is 10.0 Å². The molecule has 12 heteroatoms. The predicted octanol–water partition coefficient (Wildman–Crippen LogP) is 3.82. The zero-order chi connectivity index (χ0) is 21.7. The SMILES string of the molecule is O=S(=O)(c1cc(F)ccc1F)N1CC(c2nc(-c3cccc(C(F)(F)F)c3)no2)C1. The Morgan fingerprint density at radius 2 is 1.80 bits per heavy atom. The maximum absolute atomic E-state index is 13.8. The van der Waals surface area contributed by atoms with Gasteiger partial charge in [0.25, 0.3) is 0 Å². The molecule has 158 valence electrons. The number of rotatable bonds is 4. The molecule has 6 nitrogen and oxygen atoms in total.